The van der Waals surface area contributed by atoms with Crippen LogP contribution in [0.25, 0.3) is 11.8 Å². The zero-order chi connectivity index (χ0) is 13.1. The Hall–Kier alpha value is -2.23. The van der Waals surface area contributed by atoms with Crippen molar-refractivity contribution in [2.45, 2.75) is 20.8 Å². The lowest BCUT2D eigenvalue weighted by atomic mass is 10.2. The van der Waals surface area contributed by atoms with Crippen LogP contribution in [0.5, 0.6) is 0 Å². The van der Waals surface area contributed by atoms with Gasteiger partial charge in [-0.2, -0.15) is 0 Å². The minimum Gasteiger partial charge on any atom is -0.304 e. The van der Waals surface area contributed by atoms with Crippen molar-refractivity contribution >= 4 is 11.9 Å². The molecule has 0 unspecified atom stereocenters. The number of hydrogen-bond donors (Lipinski definition) is 0. The van der Waals surface area contributed by atoms with Gasteiger partial charge in [0.15, 0.2) is 5.78 Å². The van der Waals surface area contributed by atoms with E-state index in [1.54, 1.807) is 12.4 Å². The summed E-state index contributed by atoms with van der Waals surface area (Å²) in [5, 5.41) is 0. The average Bonchev–Trinajstić information content (AvgIpc) is 2.73. The lowest BCUT2D eigenvalue weighted by Crippen LogP contribution is -1.97. The summed E-state index contributed by atoms with van der Waals surface area (Å²) in [5.41, 5.74) is 3.65. The highest BCUT2D eigenvalue weighted by Crippen LogP contribution is 2.13. The topological polar surface area (TPSA) is 47.8 Å². The first-order valence-electron chi connectivity index (χ1n) is 5.73. The molecule has 0 N–H and O–H groups in total. The van der Waals surface area contributed by atoms with Gasteiger partial charge in [0.05, 0.1) is 29.1 Å². The number of carbonyl (C=O) groups excluding carboxylic acids is 1. The van der Waals surface area contributed by atoms with Crippen molar-refractivity contribution in [1.82, 2.24) is 14.5 Å². The largest absolute Gasteiger partial charge is 0.304 e. The third kappa shape index (κ3) is 2.71. The van der Waals surface area contributed by atoms with Crippen LogP contribution < -0.4 is 0 Å². The van der Waals surface area contributed by atoms with E-state index in [0.29, 0.717) is 0 Å². The Bertz CT molecular complexity index is 611. The molecule has 2 rings (SSSR count). The van der Waals surface area contributed by atoms with Gasteiger partial charge in [-0.15, -0.1) is 0 Å². The van der Waals surface area contributed by atoms with Crippen LogP contribution in [-0.2, 0) is 4.79 Å². The molecule has 92 valence electrons. The van der Waals surface area contributed by atoms with Crippen LogP contribution in [0.4, 0.5) is 0 Å². The quantitative estimate of drug-likeness (QED) is 0.776. The molecular weight excluding hydrogens is 226 g/mol. The molecule has 0 saturated carbocycles. The van der Waals surface area contributed by atoms with Crippen LogP contribution in [0.1, 0.15) is 24.0 Å². The highest BCUT2D eigenvalue weighted by atomic mass is 16.1. The summed E-state index contributed by atoms with van der Waals surface area (Å²) in [4.78, 5) is 19.5. The van der Waals surface area contributed by atoms with Crippen molar-refractivity contribution < 1.29 is 4.79 Å². The standard InChI is InChI=1S/C14H15N3O/c1-10-8-17(9-15-10)14-7-6-13(16-12(14)3)5-4-11(2)18/h4-9H,1-3H3/b5-4+. The van der Waals surface area contributed by atoms with Crippen LogP contribution in [-0.4, -0.2) is 20.3 Å². The van der Waals surface area contributed by atoms with Gasteiger partial charge in [0, 0.05) is 6.20 Å². The van der Waals surface area contributed by atoms with Crippen molar-refractivity contribution in [3.8, 4) is 5.69 Å². The van der Waals surface area contributed by atoms with Crippen LogP contribution in [0, 0.1) is 13.8 Å². The first-order valence-corrected chi connectivity index (χ1v) is 5.73. The summed E-state index contributed by atoms with van der Waals surface area (Å²) >= 11 is 0. The minimum absolute atomic E-state index is 0.0174. The molecule has 0 aliphatic rings. The lowest BCUT2D eigenvalue weighted by Gasteiger charge is -2.06. The molecule has 4 nitrogen and oxygen atoms in total. The van der Waals surface area contributed by atoms with Gasteiger partial charge in [-0.05, 0) is 45.1 Å². The number of aromatic nitrogens is 3. The Morgan fingerprint density at radius 2 is 2.11 bits per heavy atom. The van der Waals surface area contributed by atoms with Crippen LogP contribution in [0.2, 0.25) is 0 Å². The number of allylic oxidation sites excluding steroid dienone is 1. The van der Waals surface area contributed by atoms with Crippen molar-refractivity contribution in [1.29, 1.82) is 0 Å². The van der Waals surface area contributed by atoms with Gasteiger partial charge in [-0.25, -0.2) is 4.98 Å². The van der Waals surface area contributed by atoms with E-state index in [0.717, 1.165) is 22.8 Å². The summed E-state index contributed by atoms with van der Waals surface area (Å²) in [7, 11) is 0. The predicted octanol–water partition coefficient (Wildman–Crippen LogP) is 2.49. The van der Waals surface area contributed by atoms with E-state index in [4.69, 9.17) is 0 Å². The molecule has 2 aromatic heterocycles. The van der Waals surface area contributed by atoms with Gasteiger partial charge in [0.1, 0.15) is 0 Å². The molecular formula is C14H15N3O. The highest BCUT2D eigenvalue weighted by molar-refractivity contribution is 5.91. The number of imidazole rings is 1. The monoisotopic (exact) mass is 241 g/mol. The molecule has 0 spiro atoms. The van der Waals surface area contributed by atoms with Gasteiger partial charge in [0.2, 0.25) is 0 Å². The molecule has 2 heterocycles. The molecule has 0 atom stereocenters. The number of rotatable bonds is 3. The van der Waals surface area contributed by atoms with Crippen molar-refractivity contribution in [3.05, 3.63) is 47.8 Å². The smallest absolute Gasteiger partial charge is 0.152 e. The Balaban J connectivity index is 2.33. The number of aryl methyl sites for hydroxylation is 2. The first kappa shape index (κ1) is 12.2. The summed E-state index contributed by atoms with van der Waals surface area (Å²) in [6.07, 6.45) is 6.96. The molecule has 18 heavy (non-hydrogen) atoms. The number of nitrogens with zero attached hydrogens (tertiary/aromatic N) is 3. The maximum atomic E-state index is 10.9. The van der Waals surface area contributed by atoms with Gasteiger partial charge in [-0.1, -0.05) is 0 Å². The van der Waals surface area contributed by atoms with Crippen molar-refractivity contribution in [2.75, 3.05) is 0 Å². The maximum absolute atomic E-state index is 10.9. The predicted molar refractivity (Wildman–Crippen MR) is 70.5 cm³/mol. The summed E-state index contributed by atoms with van der Waals surface area (Å²) in [6.45, 7) is 5.41. The summed E-state index contributed by atoms with van der Waals surface area (Å²) in [6, 6.07) is 3.86. The van der Waals surface area contributed by atoms with E-state index in [-0.39, 0.29) is 5.78 Å². The molecule has 4 heteroatoms. The molecule has 0 bridgehead atoms. The fourth-order valence-electron chi connectivity index (χ4n) is 1.69. The van der Waals surface area contributed by atoms with E-state index in [1.807, 2.05) is 36.7 Å². The summed E-state index contributed by atoms with van der Waals surface area (Å²) in [5.74, 6) is 0.0174. The first-order chi connectivity index (χ1) is 8.56. The van der Waals surface area contributed by atoms with Crippen molar-refractivity contribution in [3.63, 3.8) is 0 Å². The van der Waals surface area contributed by atoms with E-state index >= 15 is 0 Å². The minimum atomic E-state index is 0.0174. The molecule has 0 aromatic carbocycles. The molecule has 0 radical (unpaired) electrons. The molecule has 0 aliphatic heterocycles. The van der Waals surface area contributed by atoms with Gasteiger partial charge in [-0.3, -0.25) is 9.78 Å². The second-order valence-corrected chi connectivity index (χ2v) is 4.21. The Morgan fingerprint density at radius 3 is 2.67 bits per heavy atom. The van der Waals surface area contributed by atoms with E-state index in [9.17, 15) is 4.79 Å². The van der Waals surface area contributed by atoms with E-state index in [1.165, 1.54) is 13.0 Å². The Kier molecular flexibility index (Phi) is 3.37. The third-order valence-corrected chi connectivity index (χ3v) is 2.56. The van der Waals surface area contributed by atoms with Crippen LogP contribution in [0.15, 0.2) is 30.7 Å². The fourth-order valence-corrected chi connectivity index (χ4v) is 1.69. The van der Waals surface area contributed by atoms with Gasteiger partial charge in [0.25, 0.3) is 0 Å². The van der Waals surface area contributed by atoms with Crippen molar-refractivity contribution in [2.24, 2.45) is 0 Å². The third-order valence-electron chi connectivity index (χ3n) is 2.56. The lowest BCUT2D eigenvalue weighted by molar-refractivity contribution is -0.112. The zero-order valence-corrected chi connectivity index (χ0v) is 10.7. The second-order valence-electron chi connectivity index (χ2n) is 4.21. The maximum Gasteiger partial charge on any atom is 0.152 e. The highest BCUT2D eigenvalue weighted by Gasteiger charge is 2.03. The van der Waals surface area contributed by atoms with Gasteiger partial charge < -0.3 is 4.57 Å². The zero-order valence-electron chi connectivity index (χ0n) is 10.7. The van der Waals surface area contributed by atoms with E-state index < -0.39 is 0 Å². The van der Waals surface area contributed by atoms with Gasteiger partial charge >= 0.3 is 0 Å². The SMILES string of the molecule is CC(=O)/C=C/c1ccc(-n2cnc(C)c2)c(C)n1. The van der Waals surface area contributed by atoms with E-state index in [2.05, 4.69) is 9.97 Å². The molecule has 0 amide bonds. The fraction of sp³-hybridized carbons (Fsp3) is 0.214. The molecule has 0 saturated heterocycles. The average molecular weight is 241 g/mol. The van der Waals surface area contributed by atoms with Crippen LogP contribution >= 0.6 is 0 Å². The second kappa shape index (κ2) is 4.96. The number of hydrogen-bond acceptors (Lipinski definition) is 3. The molecule has 2 aromatic rings. The summed E-state index contributed by atoms with van der Waals surface area (Å²) < 4.78 is 1.94. The normalized spacial score (nSPS) is 11.1. The number of pyridine rings is 1. The molecule has 0 aliphatic carbocycles. The molecule has 0 fully saturated rings. The Labute approximate surface area is 106 Å². The van der Waals surface area contributed by atoms with Crippen LogP contribution in [0.3, 0.4) is 0 Å². The Morgan fingerprint density at radius 1 is 1.33 bits per heavy atom. The number of ketones is 1. The number of carbonyl (C=O) groups is 1.